The minimum Gasteiger partial charge on any atom is -0.394 e. The first-order valence-electron chi connectivity index (χ1n) is 14.9. The Morgan fingerprint density at radius 1 is 0.676 bits per heavy atom. The number of amides is 1. The molecule has 2 atom stereocenters. The lowest BCUT2D eigenvalue weighted by molar-refractivity contribution is -0.123. The van der Waals surface area contributed by atoms with E-state index in [1.807, 2.05) is 6.08 Å². The Morgan fingerprint density at radius 2 is 1.09 bits per heavy atom. The molecule has 0 rings (SSSR count). The summed E-state index contributed by atoms with van der Waals surface area (Å²) in [6.45, 7) is 4.26. The van der Waals surface area contributed by atoms with Crippen molar-refractivity contribution in [3.8, 4) is 0 Å². The molecule has 0 unspecified atom stereocenters. The van der Waals surface area contributed by atoms with Crippen LogP contribution >= 0.6 is 0 Å². The SMILES string of the molecule is CCCCCCCCCCCCCC=C[C@@H](O)[C@H](CO)NC(=O)CCCCCCCCCCC. The van der Waals surface area contributed by atoms with E-state index < -0.39 is 12.1 Å². The molecule has 0 saturated heterocycles. The molecule has 0 fully saturated rings. The lowest BCUT2D eigenvalue weighted by Gasteiger charge is -2.20. The van der Waals surface area contributed by atoms with Crippen molar-refractivity contribution < 1.29 is 15.0 Å². The molecule has 0 aliphatic carbocycles. The fraction of sp³-hybridized carbons (Fsp3) is 0.900. The van der Waals surface area contributed by atoms with Crippen LogP contribution in [-0.4, -0.2) is 34.9 Å². The van der Waals surface area contributed by atoms with Crippen molar-refractivity contribution in [3.05, 3.63) is 12.2 Å². The summed E-state index contributed by atoms with van der Waals surface area (Å²) in [4.78, 5) is 12.2. The Hall–Kier alpha value is -0.870. The maximum absolute atomic E-state index is 12.2. The molecule has 4 heteroatoms. The lowest BCUT2D eigenvalue weighted by atomic mass is 10.0. The zero-order valence-electron chi connectivity index (χ0n) is 22.9. The van der Waals surface area contributed by atoms with E-state index in [-0.39, 0.29) is 12.5 Å². The van der Waals surface area contributed by atoms with E-state index in [9.17, 15) is 15.0 Å². The molecule has 3 N–H and O–H groups in total. The van der Waals surface area contributed by atoms with Crippen LogP contribution < -0.4 is 5.32 Å². The Labute approximate surface area is 212 Å². The third kappa shape index (κ3) is 22.9. The van der Waals surface area contributed by atoms with Crippen molar-refractivity contribution in [2.75, 3.05) is 6.61 Å². The second-order valence-electron chi connectivity index (χ2n) is 10.2. The van der Waals surface area contributed by atoms with E-state index >= 15 is 0 Å². The van der Waals surface area contributed by atoms with Crippen LogP contribution in [0.4, 0.5) is 0 Å². The van der Waals surface area contributed by atoms with Gasteiger partial charge in [-0.1, -0.05) is 142 Å². The van der Waals surface area contributed by atoms with Gasteiger partial charge < -0.3 is 15.5 Å². The first-order chi connectivity index (χ1) is 16.7. The van der Waals surface area contributed by atoms with Crippen molar-refractivity contribution >= 4 is 5.91 Å². The highest BCUT2D eigenvalue weighted by Crippen LogP contribution is 2.13. The van der Waals surface area contributed by atoms with Crippen LogP contribution in [0.1, 0.15) is 155 Å². The maximum atomic E-state index is 12.2. The fourth-order valence-electron chi connectivity index (χ4n) is 4.41. The number of aliphatic hydroxyl groups excluding tert-OH is 2. The van der Waals surface area contributed by atoms with E-state index in [0.717, 1.165) is 25.7 Å². The fourth-order valence-corrected chi connectivity index (χ4v) is 4.41. The summed E-state index contributed by atoms with van der Waals surface area (Å²) in [5.41, 5.74) is 0. The molecule has 0 aromatic carbocycles. The van der Waals surface area contributed by atoms with Crippen LogP contribution in [0.5, 0.6) is 0 Å². The van der Waals surface area contributed by atoms with E-state index in [1.165, 1.54) is 109 Å². The predicted octanol–water partition coefficient (Wildman–Crippen LogP) is 8.00. The molecule has 1 amide bonds. The molecular weight excluding hydrogens is 422 g/mol. The number of hydrogen-bond donors (Lipinski definition) is 3. The van der Waals surface area contributed by atoms with Crippen molar-refractivity contribution in [2.24, 2.45) is 0 Å². The quantitative estimate of drug-likeness (QED) is 0.0865. The van der Waals surface area contributed by atoms with Gasteiger partial charge in [-0.15, -0.1) is 0 Å². The standard InChI is InChI=1S/C30H59NO3/c1-3-5-7-9-11-13-14-15-16-18-19-21-23-25-29(33)28(27-32)31-30(34)26-24-22-20-17-12-10-8-6-4-2/h23,25,28-29,32-33H,3-22,24,26-27H2,1-2H3,(H,31,34)/t28-,29+/m0/s1. The van der Waals surface area contributed by atoms with Gasteiger partial charge in [-0.3, -0.25) is 4.79 Å². The third-order valence-corrected chi connectivity index (χ3v) is 6.77. The number of carbonyl (C=O) groups is 1. The zero-order valence-corrected chi connectivity index (χ0v) is 22.9. The molecule has 0 radical (unpaired) electrons. The summed E-state index contributed by atoms with van der Waals surface area (Å²) in [7, 11) is 0. The molecular formula is C30H59NO3. The molecule has 34 heavy (non-hydrogen) atoms. The zero-order chi connectivity index (χ0) is 25.1. The van der Waals surface area contributed by atoms with Gasteiger partial charge in [0, 0.05) is 6.42 Å². The minimum absolute atomic E-state index is 0.0696. The van der Waals surface area contributed by atoms with Gasteiger partial charge in [0.2, 0.25) is 5.91 Å². The van der Waals surface area contributed by atoms with Crippen molar-refractivity contribution in [1.82, 2.24) is 5.32 Å². The molecule has 0 aliphatic rings. The lowest BCUT2D eigenvalue weighted by Crippen LogP contribution is -2.45. The maximum Gasteiger partial charge on any atom is 0.220 e. The van der Waals surface area contributed by atoms with Crippen LogP contribution in [0.2, 0.25) is 0 Å². The van der Waals surface area contributed by atoms with Gasteiger partial charge in [0.15, 0.2) is 0 Å². The van der Waals surface area contributed by atoms with E-state index in [1.54, 1.807) is 6.08 Å². The molecule has 4 nitrogen and oxygen atoms in total. The number of aliphatic hydroxyl groups is 2. The monoisotopic (exact) mass is 481 g/mol. The van der Waals surface area contributed by atoms with Gasteiger partial charge in [0.25, 0.3) is 0 Å². The molecule has 0 heterocycles. The topological polar surface area (TPSA) is 69.6 Å². The summed E-state index contributed by atoms with van der Waals surface area (Å²) in [6.07, 6.45) is 29.9. The first-order valence-corrected chi connectivity index (χ1v) is 14.9. The molecule has 0 saturated carbocycles. The van der Waals surface area contributed by atoms with Crippen LogP contribution in [-0.2, 0) is 4.79 Å². The Balaban J connectivity index is 3.68. The highest BCUT2D eigenvalue weighted by atomic mass is 16.3. The van der Waals surface area contributed by atoms with E-state index in [2.05, 4.69) is 19.2 Å². The smallest absolute Gasteiger partial charge is 0.220 e. The Morgan fingerprint density at radius 3 is 1.53 bits per heavy atom. The summed E-state index contributed by atoms with van der Waals surface area (Å²) in [5, 5.41) is 22.7. The van der Waals surface area contributed by atoms with E-state index in [4.69, 9.17) is 0 Å². The third-order valence-electron chi connectivity index (χ3n) is 6.77. The highest BCUT2D eigenvalue weighted by Gasteiger charge is 2.17. The van der Waals surface area contributed by atoms with Crippen molar-refractivity contribution in [3.63, 3.8) is 0 Å². The summed E-state index contributed by atoms with van der Waals surface area (Å²) >= 11 is 0. The summed E-state index contributed by atoms with van der Waals surface area (Å²) in [6, 6.07) is -0.611. The number of rotatable bonds is 26. The van der Waals surface area contributed by atoms with Crippen LogP contribution in [0, 0.1) is 0 Å². The van der Waals surface area contributed by atoms with Gasteiger partial charge in [-0.2, -0.15) is 0 Å². The second kappa shape index (κ2) is 26.7. The van der Waals surface area contributed by atoms with Crippen LogP contribution in [0.15, 0.2) is 12.2 Å². The van der Waals surface area contributed by atoms with Crippen molar-refractivity contribution in [1.29, 1.82) is 0 Å². The average molecular weight is 482 g/mol. The molecule has 0 bridgehead atoms. The molecule has 0 aromatic heterocycles. The van der Waals surface area contributed by atoms with Crippen LogP contribution in [0.3, 0.4) is 0 Å². The molecule has 202 valence electrons. The number of nitrogens with one attached hydrogen (secondary N) is 1. The number of unbranched alkanes of at least 4 members (excludes halogenated alkanes) is 19. The van der Waals surface area contributed by atoms with Gasteiger partial charge in [0.05, 0.1) is 18.8 Å². The Bertz CT molecular complexity index is 452. The van der Waals surface area contributed by atoms with Gasteiger partial charge in [0.1, 0.15) is 0 Å². The number of carbonyl (C=O) groups excluding carboxylic acids is 1. The first kappa shape index (κ1) is 33.1. The Kier molecular flexibility index (Phi) is 26.0. The average Bonchev–Trinajstić information content (AvgIpc) is 2.84. The number of allylic oxidation sites excluding steroid dienone is 1. The second-order valence-corrected chi connectivity index (χ2v) is 10.2. The predicted molar refractivity (Wildman–Crippen MR) is 147 cm³/mol. The van der Waals surface area contributed by atoms with Crippen molar-refractivity contribution in [2.45, 2.75) is 167 Å². The number of hydrogen-bond acceptors (Lipinski definition) is 3. The normalized spacial score (nSPS) is 13.4. The largest absolute Gasteiger partial charge is 0.394 e. The summed E-state index contributed by atoms with van der Waals surface area (Å²) < 4.78 is 0. The highest BCUT2D eigenvalue weighted by molar-refractivity contribution is 5.76. The van der Waals surface area contributed by atoms with Gasteiger partial charge in [-0.25, -0.2) is 0 Å². The van der Waals surface area contributed by atoms with Crippen LogP contribution in [0.25, 0.3) is 0 Å². The van der Waals surface area contributed by atoms with Gasteiger partial charge in [-0.05, 0) is 19.3 Å². The van der Waals surface area contributed by atoms with Gasteiger partial charge >= 0.3 is 0 Å². The molecule has 0 aliphatic heterocycles. The molecule has 0 aromatic rings. The minimum atomic E-state index is -0.829. The summed E-state index contributed by atoms with van der Waals surface area (Å²) in [5.74, 6) is -0.0696. The molecule has 0 spiro atoms. The van der Waals surface area contributed by atoms with E-state index in [0.29, 0.717) is 6.42 Å².